The van der Waals surface area contributed by atoms with Gasteiger partial charge in [-0.3, -0.25) is 0 Å². The Balaban J connectivity index is 0.000000141. The van der Waals surface area contributed by atoms with E-state index in [0.29, 0.717) is 34.9 Å². The van der Waals surface area contributed by atoms with Gasteiger partial charge in [0.15, 0.2) is 34.9 Å². The maximum Gasteiger partial charge on any atom is 0.164 e. The molecule has 0 unspecified atom stereocenters. The summed E-state index contributed by atoms with van der Waals surface area (Å²) in [5.74, 6) is 3.85. The maximum atomic E-state index is 5.05. The Kier molecular flexibility index (Phi) is 16.4. The predicted octanol–water partition coefficient (Wildman–Crippen LogP) is 27.3. The highest BCUT2D eigenvalue weighted by atomic mass is 32.1. The standard InChI is InChI=1S/2C51H32N4S/c1-4-15-33(16-5-1)39-24-13-26-42-43-27-14-25-40(48(43)56-47(39)42)36-29-30-46-44(32-36)41-23-10-11-28-45(41)55(46)38-22-12-21-37(31-38)51-53-49(34-17-6-2-7-18-34)52-50(54-51)35-19-8-3-9-20-35;1-4-14-33(15-5-1)36-26-28-45-43(31-36)44-32-37(40-23-13-24-42-41-22-10-11-25-47(41)56-48(40)42)27-29-46(44)55(45)39-21-12-20-38(30-39)51-53-49(34-16-6-2-7-17-34)52-50(54-51)35-18-8-3-9-19-35/h2*1-32H. The first-order chi connectivity index (χ1) is 55.5. The Bertz CT molecular complexity index is 7250. The van der Waals surface area contributed by atoms with Gasteiger partial charge in [-0.25, -0.2) is 29.9 Å². The summed E-state index contributed by atoms with van der Waals surface area (Å²) in [7, 11) is 0. The van der Waals surface area contributed by atoms with Crippen LogP contribution in [-0.4, -0.2) is 39.0 Å². The molecule has 0 saturated carbocycles. The number of aromatic nitrogens is 8. The van der Waals surface area contributed by atoms with E-state index in [1.807, 2.05) is 144 Å². The minimum absolute atomic E-state index is 0.630. The van der Waals surface area contributed by atoms with Gasteiger partial charge in [-0.15, -0.1) is 22.7 Å². The maximum absolute atomic E-state index is 5.05. The quantitative estimate of drug-likeness (QED) is 0.121. The molecule has 0 bridgehead atoms. The van der Waals surface area contributed by atoms with E-state index >= 15 is 0 Å². The van der Waals surface area contributed by atoms with Crippen LogP contribution in [0.3, 0.4) is 0 Å². The molecule has 10 heteroatoms. The number of fused-ring (bicyclic) bond motifs is 12. The van der Waals surface area contributed by atoms with Gasteiger partial charge in [0.1, 0.15) is 0 Å². The molecule has 0 fully saturated rings. The minimum Gasteiger partial charge on any atom is -0.309 e. The second kappa shape index (κ2) is 28.0. The molecule has 0 N–H and O–H groups in total. The molecule has 524 valence electrons. The molecule has 22 aromatic rings. The lowest BCUT2D eigenvalue weighted by Gasteiger charge is -2.12. The topological polar surface area (TPSA) is 87.2 Å². The highest BCUT2D eigenvalue weighted by Gasteiger charge is 2.23. The van der Waals surface area contributed by atoms with Crippen LogP contribution in [0.1, 0.15) is 0 Å². The van der Waals surface area contributed by atoms with Gasteiger partial charge in [-0.2, -0.15) is 0 Å². The molecule has 0 atom stereocenters. The molecule has 0 aliphatic heterocycles. The number of nitrogens with zero attached hydrogens (tertiary/aromatic N) is 8. The van der Waals surface area contributed by atoms with Crippen molar-refractivity contribution < 1.29 is 0 Å². The zero-order chi connectivity index (χ0) is 74.0. The van der Waals surface area contributed by atoms with Crippen molar-refractivity contribution in [2.75, 3.05) is 0 Å². The van der Waals surface area contributed by atoms with Gasteiger partial charge in [-0.1, -0.05) is 315 Å². The van der Waals surface area contributed by atoms with Crippen molar-refractivity contribution in [1.29, 1.82) is 0 Å². The first-order valence-corrected chi connectivity index (χ1v) is 39.2. The summed E-state index contributed by atoms with van der Waals surface area (Å²) in [4.78, 5) is 30.0. The Morgan fingerprint density at radius 3 is 0.911 bits per heavy atom. The zero-order valence-electron chi connectivity index (χ0n) is 60.3. The third-order valence-corrected chi connectivity index (χ3v) is 23.8. The van der Waals surface area contributed by atoms with E-state index in [0.717, 1.165) is 66.8 Å². The SMILES string of the molecule is c1ccc(-c2ccc3c(c2)c2cc(-c4cccc5c4sc4ccccc45)ccc2n3-c2cccc(-c3nc(-c4ccccc4)nc(-c4ccccc4)n3)c2)cc1.c1ccc(-c2nc(-c3ccccc3)nc(-c3cccc(-n4c5ccccc5c5cc(-c6cccc7c6sc6c(-c8ccccc8)cccc67)ccc54)c3)n2)cc1. The molecule has 0 aliphatic carbocycles. The molecular weight excluding hydrogens is 1400 g/mol. The van der Waals surface area contributed by atoms with E-state index in [1.54, 1.807) is 0 Å². The second-order valence-corrected chi connectivity index (χ2v) is 30.1. The molecule has 16 aromatic carbocycles. The van der Waals surface area contributed by atoms with Gasteiger partial charge in [0.25, 0.3) is 0 Å². The van der Waals surface area contributed by atoms with Gasteiger partial charge in [-0.05, 0) is 117 Å². The van der Waals surface area contributed by atoms with Crippen molar-refractivity contribution >= 4 is 107 Å². The van der Waals surface area contributed by atoms with E-state index in [4.69, 9.17) is 29.9 Å². The summed E-state index contributed by atoms with van der Waals surface area (Å²) < 4.78 is 10.0. The van der Waals surface area contributed by atoms with E-state index < -0.39 is 0 Å². The zero-order valence-corrected chi connectivity index (χ0v) is 62.0. The third-order valence-electron chi connectivity index (χ3n) is 21.3. The smallest absolute Gasteiger partial charge is 0.164 e. The fourth-order valence-corrected chi connectivity index (χ4v) is 18.6. The van der Waals surface area contributed by atoms with Crippen molar-refractivity contribution in [2.24, 2.45) is 0 Å². The average molecular weight is 1470 g/mol. The number of hydrogen-bond donors (Lipinski definition) is 0. The lowest BCUT2D eigenvalue weighted by Crippen LogP contribution is -2.01. The second-order valence-electron chi connectivity index (χ2n) is 28.0. The lowest BCUT2D eigenvalue weighted by atomic mass is 9.99. The van der Waals surface area contributed by atoms with Crippen molar-refractivity contribution in [3.8, 4) is 124 Å². The monoisotopic (exact) mass is 1460 g/mol. The third kappa shape index (κ3) is 11.9. The van der Waals surface area contributed by atoms with Crippen LogP contribution in [0, 0.1) is 0 Å². The molecule has 0 aliphatic rings. The Labute approximate surface area is 653 Å². The van der Waals surface area contributed by atoms with Crippen LogP contribution >= 0.6 is 22.7 Å². The minimum atomic E-state index is 0.630. The summed E-state index contributed by atoms with van der Waals surface area (Å²) >= 11 is 3.76. The lowest BCUT2D eigenvalue weighted by molar-refractivity contribution is 1.07. The van der Waals surface area contributed by atoms with Crippen LogP contribution in [0.15, 0.2) is 388 Å². The highest BCUT2D eigenvalue weighted by molar-refractivity contribution is 7.27. The fourth-order valence-electron chi connectivity index (χ4n) is 16.0. The number of rotatable bonds is 12. The Morgan fingerprint density at radius 2 is 0.464 bits per heavy atom. The van der Waals surface area contributed by atoms with Crippen molar-refractivity contribution in [3.05, 3.63) is 388 Å². The number of benzene rings is 16. The van der Waals surface area contributed by atoms with E-state index in [1.165, 1.54) is 106 Å². The van der Waals surface area contributed by atoms with E-state index in [-0.39, 0.29) is 0 Å². The van der Waals surface area contributed by atoms with Gasteiger partial charge in [0.05, 0.1) is 22.1 Å². The predicted molar refractivity (Wildman–Crippen MR) is 468 cm³/mol. The summed E-state index contributed by atoms with van der Waals surface area (Å²) in [5.41, 5.74) is 22.1. The van der Waals surface area contributed by atoms with E-state index in [9.17, 15) is 0 Å². The van der Waals surface area contributed by atoms with Crippen LogP contribution in [0.4, 0.5) is 0 Å². The molecule has 112 heavy (non-hydrogen) atoms. The summed E-state index contributed by atoms with van der Waals surface area (Å²) in [5, 5.41) is 10.0. The molecule has 0 saturated heterocycles. The van der Waals surface area contributed by atoms with Crippen molar-refractivity contribution in [2.45, 2.75) is 0 Å². The molecule has 6 heterocycles. The van der Waals surface area contributed by atoms with Gasteiger partial charge < -0.3 is 9.13 Å². The first-order valence-electron chi connectivity index (χ1n) is 37.5. The van der Waals surface area contributed by atoms with Crippen LogP contribution in [0.5, 0.6) is 0 Å². The Morgan fingerprint density at radius 1 is 0.170 bits per heavy atom. The largest absolute Gasteiger partial charge is 0.309 e. The average Bonchev–Trinajstić information content (AvgIpc) is 1.60. The normalized spacial score (nSPS) is 11.6. The number of para-hydroxylation sites is 1. The van der Waals surface area contributed by atoms with Gasteiger partial charge in [0, 0.05) is 107 Å². The number of hydrogen-bond acceptors (Lipinski definition) is 8. The molecule has 0 spiro atoms. The molecule has 6 aromatic heterocycles. The van der Waals surface area contributed by atoms with Crippen molar-refractivity contribution in [1.82, 2.24) is 39.0 Å². The highest BCUT2D eigenvalue weighted by Crippen LogP contribution is 2.47. The summed E-state index contributed by atoms with van der Waals surface area (Å²) in [6.45, 7) is 0. The molecule has 0 amide bonds. The van der Waals surface area contributed by atoms with Crippen LogP contribution in [0.2, 0.25) is 0 Å². The summed E-state index contributed by atoms with van der Waals surface area (Å²) in [6, 6.07) is 137. The van der Waals surface area contributed by atoms with Crippen LogP contribution < -0.4 is 0 Å². The van der Waals surface area contributed by atoms with Crippen LogP contribution in [-0.2, 0) is 0 Å². The van der Waals surface area contributed by atoms with Crippen molar-refractivity contribution in [3.63, 3.8) is 0 Å². The van der Waals surface area contributed by atoms with E-state index in [2.05, 4.69) is 276 Å². The number of thiophene rings is 2. The molecule has 22 rings (SSSR count). The first kappa shape index (κ1) is 65.8. The van der Waals surface area contributed by atoms with Crippen LogP contribution in [0.25, 0.3) is 208 Å². The Hall–Kier alpha value is -14.4. The van der Waals surface area contributed by atoms with Gasteiger partial charge >= 0.3 is 0 Å². The fraction of sp³-hybridized carbons (Fsp3) is 0. The van der Waals surface area contributed by atoms with Gasteiger partial charge in [0.2, 0.25) is 0 Å². The molecule has 8 nitrogen and oxygen atoms in total. The summed E-state index contributed by atoms with van der Waals surface area (Å²) in [6.07, 6.45) is 0. The molecule has 0 radical (unpaired) electrons. The molecular formula is C102H64N8S2.